The van der Waals surface area contributed by atoms with Crippen molar-refractivity contribution in [3.05, 3.63) is 69.2 Å². The third kappa shape index (κ3) is 4.70. The van der Waals surface area contributed by atoms with E-state index in [1.807, 2.05) is 49.4 Å². The summed E-state index contributed by atoms with van der Waals surface area (Å²) in [7, 11) is -3.68. The minimum Gasteiger partial charge on any atom is -0.457 e. The Hall–Kier alpha value is -1.57. The molecule has 1 saturated heterocycles. The number of nitrogens with zero attached hydrogens (tertiary/aromatic N) is 1. The number of rotatable bonds is 4. The summed E-state index contributed by atoms with van der Waals surface area (Å²) < 4.78 is 35.3. The zero-order valence-corrected chi connectivity index (χ0v) is 19.0. The quantitative estimate of drug-likeness (QED) is 0.672. The van der Waals surface area contributed by atoms with Crippen molar-refractivity contribution in [2.45, 2.75) is 44.1 Å². The van der Waals surface area contributed by atoms with E-state index in [9.17, 15) is 8.42 Å². The van der Waals surface area contributed by atoms with Crippen LogP contribution in [0.4, 0.5) is 0 Å². The molecule has 2 aromatic carbocycles. The number of benzene rings is 2. The molecule has 1 fully saturated rings. The van der Waals surface area contributed by atoms with E-state index in [2.05, 4.69) is 25.6 Å². The standard InChI is InChI=1S/C20H22BrClN2O3S/c1-13(16-6-4-5-7-17(16)22)23-19-24-28(25,26)18(20(2,3)27-19)12-14-8-10-15(21)11-9-14/h4-11,13,18H,12H2,1-3H3,(H,23,24). The highest BCUT2D eigenvalue weighted by molar-refractivity contribution is 9.10. The summed E-state index contributed by atoms with van der Waals surface area (Å²) in [4.78, 5) is 4.42. The number of nitrogens with one attached hydrogen (secondary N) is 1. The Morgan fingerprint density at radius 1 is 1.21 bits per heavy atom. The normalized spacial score (nSPS) is 22.9. The molecule has 150 valence electrons. The smallest absolute Gasteiger partial charge is 0.299 e. The average Bonchev–Trinajstić information content (AvgIpc) is 2.59. The van der Waals surface area contributed by atoms with Gasteiger partial charge in [-0.25, -0.2) is 18.1 Å². The van der Waals surface area contributed by atoms with E-state index >= 15 is 0 Å². The molecule has 0 saturated carbocycles. The molecule has 0 bridgehead atoms. The molecule has 0 radical (unpaired) electrons. The Morgan fingerprint density at radius 2 is 1.86 bits per heavy atom. The number of aliphatic imine (C=N–C) groups is 1. The summed E-state index contributed by atoms with van der Waals surface area (Å²) in [6.07, 6.45) is 0.336. The van der Waals surface area contributed by atoms with Crippen LogP contribution < -0.4 is 4.72 Å². The van der Waals surface area contributed by atoms with Gasteiger partial charge in [-0.3, -0.25) is 0 Å². The molecule has 1 aliphatic rings. The van der Waals surface area contributed by atoms with E-state index in [4.69, 9.17) is 16.3 Å². The van der Waals surface area contributed by atoms with Gasteiger partial charge in [0.05, 0.1) is 6.04 Å². The van der Waals surface area contributed by atoms with Gasteiger partial charge in [0.1, 0.15) is 10.9 Å². The van der Waals surface area contributed by atoms with E-state index in [-0.39, 0.29) is 12.1 Å². The largest absolute Gasteiger partial charge is 0.457 e. The van der Waals surface area contributed by atoms with Crippen LogP contribution in [0.3, 0.4) is 0 Å². The predicted molar refractivity (Wildman–Crippen MR) is 116 cm³/mol. The van der Waals surface area contributed by atoms with Crippen molar-refractivity contribution in [2.24, 2.45) is 4.99 Å². The molecular formula is C20H22BrClN2O3S. The van der Waals surface area contributed by atoms with Gasteiger partial charge in [0, 0.05) is 9.50 Å². The van der Waals surface area contributed by atoms with Crippen LogP contribution in [-0.4, -0.2) is 25.3 Å². The molecule has 28 heavy (non-hydrogen) atoms. The highest BCUT2D eigenvalue weighted by Gasteiger charge is 2.47. The molecule has 3 rings (SSSR count). The summed E-state index contributed by atoms with van der Waals surface area (Å²) in [5.74, 6) is 0. The van der Waals surface area contributed by atoms with Crippen molar-refractivity contribution in [3.8, 4) is 0 Å². The summed E-state index contributed by atoms with van der Waals surface area (Å²) in [5.41, 5.74) is 0.769. The molecule has 0 aliphatic carbocycles. The van der Waals surface area contributed by atoms with Gasteiger partial charge in [-0.2, -0.15) is 0 Å². The first-order valence-electron chi connectivity index (χ1n) is 8.86. The van der Waals surface area contributed by atoms with Gasteiger partial charge >= 0.3 is 0 Å². The highest BCUT2D eigenvalue weighted by Crippen LogP contribution is 2.31. The first-order valence-corrected chi connectivity index (χ1v) is 11.6. The van der Waals surface area contributed by atoms with E-state index in [0.717, 1.165) is 15.6 Å². The van der Waals surface area contributed by atoms with Crippen molar-refractivity contribution < 1.29 is 13.2 Å². The number of ether oxygens (including phenoxy) is 1. The molecular weight excluding hydrogens is 464 g/mol. The van der Waals surface area contributed by atoms with Crippen molar-refractivity contribution >= 4 is 43.6 Å². The van der Waals surface area contributed by atoms with Gasteiger partial charge in [0.2, 0.25) is 10.0 Å². The second-order valence-electron chi connectivity index (χ2n) is 7.30. The Morgan fingerprint density at radius 3 is 2.46 bits per heavy atom. The van der Waals surface area contributed by atoms with Crippen LogP contribution in [0.5, 0.6) is 0 Å². The van der Waals surface area contributed by atoms with Gasteiger partial charge in [0.25, 0.3) is 6.02 Å². The SMILES string of the molecule is CC(N=C1NS(=O)(=O)C(Cc2ccc(Br)cc2)C(C)(C)O1)c1ccccc1Cl. The van der Waals surface area contributed by atoms with Crippen molar-refractivity contribution in [2.75, 3.05) is 0 Å². The Balaban J connectivity index is 1.85. The van der Waals surface area contributed by atoms with E-state index in [0.29, 0.717) is 11.4 Å². The zero-order valence-electron chi connectivity index (χ0n) is 15.8. The van der Waals surface area contributed by atoms with Crippen LogP contribution in [-0.2, 0) is 21.2 Å². The molecule has 2 atom stereocenters. The van der Waals surface area contributed by atoms with Gasteiger partial charge < -0.3 is 4.74 Å². The van der Waals surface area contributed by atoms with E-state index in [1.165, 1.54) is 0 Å². The van der Waals surface area contributed by atoms with E-state index in [1.54, 1.807) is 19.9 Å². The third-order valence-electron chi connectivity index (χ3n) is 4.74. The number of sulfonamides is 1. The van der Waals surface area contributed by atoms with Crippen LogP contribution in [0, 0.1) is 0 Å². The fourth-order valence-corrected chi connectivity index (χ4v) is 5.45. The molecule has 8 heteroatoms. The monoisotopic (exact) mass is 484 g/mol. The van der Waals surface area contributed by atoms with Gasteiger partial charge in [0.15, 0.2) is 0 Å². The second-order valence-corrected chi connectivity index (χ2v) is 10.5. The Bertz CT molecular complexity index is 991. The van der Waals surface area contributed by atoms with Crippen molar-refractivity contribution in [1.82, 2.24) is 4.72 Å². The van der Waals surface area contributed by atoms with E-state index < -0.39 is 20.9 Å². The number of hydrogen-bond acceptors (Lipinski definition) is 4. The molecule has 5 nitrogen and oxygen atoms in total. The van der Waals surface area contributed by atoms with Crippen molar-refractivity contribution in [1.29, 1.82) is 0 Å². The lowest BCUT2D eigenvalue weighted by Gasteiger charge is -2.39. The molecule has 1 heterocycles. The Kier molecular flexibility index (Phi) is 6.08. The molecule has 0 aromatic heterocycles. The van der Waals surface area contributed by atoms with Crippen LogP contribution in [0.25, 0.3) is 0 Å². The molecule has 1 N–H and O–H groups in total. The first-order chi connectivity index (χ1) is 13.1. The maximum absolute atomic E-state index is 13.0. The molecule has 2 unspecified atom stereocenters. The van der Waals surface area contributed by atoms with Crippen LogP contribution in [0.15, 0.2) is 58.0 Å². The minimum atomic E-state index is -3.68. The maximum atomic E-state index is 13.0. The lowest BCUT2D eigenvalue weighted by Crippen LogP contribution is -2.59. The van der Waals surface area contributed by atoms with Gasteiger partial charge in [-0.15, -0.1) is 0 Å². The van der Waals surface area contributed by atoms with Gasteiger partial charge in [-0.1, -0.05) is 57.9 Å². The molecule has 0 spiro atoms. The number of hydrogen-bond donors (Lipinski definition) is 1. The summed E-state index contributed by atoms with van der Waals surface area (Å²) >= 11 is 9.61. The fraction of sp³-hybridized carbons (Fsp3) is 0.350. The zero-order chi connectivity index (χ0) is 20.5. The molecule has 2 aromatic rings. The predicted octanol–water partition coefficient (Wildman–Crippen LogP) is 4.86. The van der Waals surface area contributed by atoms with Crippen molar-refractivity contribution in [3.63, 3.8) is 0 Å². The third-order valence-corrected chi connectivity index (χ3v) is 7.56. The lowest BCUT2D eigenvalue weighted by molar-refractivity contribution is 0.0762. The number of halogens is 2. The summed E-state index contributed by atoms with van der Waals surface area (Å²) in [6.45, 7) is 5.38. The number of amidine groups is 1. The maximum Gasteiger partial charge on any atom is 0.299 e. The Labute approximate surface area is 179 Å². The summed E-state index contributed by atoms with van der Waals surface area (Å²) in [5, 5.41) is -0.180. The van der Waals surface area contributed by atoms with Crippen LogP contribution in [0.1, 0.15) is 37.9 Å². The topological polar surface area (TPSA) is 67.8 Å². The molecule has 0 amide bonds. The van der Waals surface area contributed by atoms with Crippen LogP contribution >= 0.6 is 27.5 Å². The van der Waals surface area contributed by atoms with Gasteiger partial charge in [-0.05, 0) is 56.5 Å². The minimum absolute atomic E-state index is 0.00974. The lowest BCUT2D eigenvalue weighted by atomic mass is 9.97. The summed E-state index contributed by atoms with van der Waals surface area (Å²) in [6, 6.07) is 14.6. The average molecular weight is 486 g/mol. The van der Waals surface area contributed by atoms with Crippen LogP contribution in [0.2, 0.25) is 5.02 Å². The molecule has 1 aliphatic heterocycles. The first kappa shape index (κ1) is 21.1. The second kappa shape index (κ2) is 8.05. The highest BCUT2D eigenvalue weighted by atomic mass is 79.9. The fourth-order valence-electron chi connectivity index (χ4n) is 3.20.